The van der Waals surface area contributed by atoms with Crippen molar-refractivity contribution >= 4 is 39.1 Å². The number of aromatic nitrogens is 2. The second-order valence-electron chi connectivity index (χ2n) is 12.5. The third kappa shape index (κ3) is 8.33. The van der Waals surface area contributed by atoms with E-state index in [4.69, 9.17) is 21.4 Å². The van der Waals surface area contributed by atoms with E-state index in [9.17, 15) is 18.0 Å². The zero-order valence-corrected chi connectivity index (χ0v) is 29.3. The number of nitrogens with zero attached hydrogens (tertiary/aromatic N) is 4. The van der Waals surface area contributed by atoms with Crippen molar-refractivity contribution in [3.8, 4) is 28.1 Å². The van der Waals surface area contributed by atoms with Crippen molar-refractivity contribution in [1.29, 1.82) is 0 Å². The molecule has 0 radical (unpaired) electrons. The smallest absolute Gasteiger partial charge is 0.251 e. The predicted molar refractivity (Wildman–Crippen MR) is 191 cm³/mol. The maximum absolute atomic E-state index is 13.1. The van der Waals surface area contributed by atoms with Gasteiger partial charge >= 0.3 is 0 Å². The molecule has 49 heavy (non-hydrogen) atoms. The Morgan fingerprint density at radius 2 is 1.73 bits per heavy atom. The number of sulfonamides is 1. The summed E-state index contributed by atoms with van der Waals surface area (Å²) in [6, 6.07) is 19.6. The quantitative estimate of drug-likeness (QED) is 0.211. The van der Waals surface area contributed by atoms with Gasteiger partial charge in [-0.2, -0.15) is 9.40 Å². The Morgan fingerprint density at radius 3 is 2.47 bits per heavy atom. The van der Waals surface area contributed by atoms with E-state index in [0.29, 0.717) is 40.6 Å². The molecule has 1 fully saturated rings. The van der Waals surface area contributed by atoms with Crippen molar-refractivity contribution < 1.29 is 22.7 Å². The first-order valence-electron chi connectivity index (χ1n) is 16.5. The van der Waals surface area contributed by atoms with E-state index in [0.717, 1.165) is 60.7 Å². The molecule has 3 aromatic carbocycles. The third-order valence-corrected chi connectivity index (χ3v) is 10.6. The summed E-state index contributed by atoms with van der Waals surface area (Å²) in [4.78, 5) is 28.0. The molecule has 2 aliphatic heterocycles. The van der Waals surface area contributed by atoms with Gasteiger partial charge in [-0.25, -0.2) is 8.42 Å². The summed E-state index contributed by atoms with van der Waals surface area (Å²) >= 11 is 6.73. The number of fused-ring (bicyclic) bond motifs is 1. The number of carbonyl (C=O) groups excluding carboxylic acids is 2. The average molecular weight is 705 g/mol. The number of ether oxygens (including phenoxy) is 1. The summed E-state index contributed by atoms with van der Waals surface area (Å²) < 4.78 is 33.8. The maximum Gasteiger partial charge on any atom is 0.251 e. The van der Waals surface area contributed by atoms with Crippen LogP contribution in [0.1, 0.15) is 40.9 Å². The lowest BCUT2D eigenvalue weighted by molar-refractivity contribution is -0.115. The molecular formula is C36H41ClN6O5S. The Morgan fingerprint density at radius 1 is 0.959 bits per heavy atom. The molecule has 0 spiro atoms. The molecule has 258 valence electrons. The van der Waals surface area contributed by atoms with Crippen molar-refractivity contribution in [3.05, 3.63) is 88.6 Å². The van der Waals surface area contributed by atoms with E-state index in [2.05, 4.69) is 20.2 Å². The van der Waals surface area contributed by atoms with Crippen molar-refractivity contribution in [1.82, 2.24) is 24.3 Å². The minimum atomic E-state index is -3.38. The van der Waals surface area contributed by atoms with E-state index >= 15 is 0 Å². The SMILES string of the molecule is COc1ccc(NC(=O)CNC(=O)c2cccc(-c3cc(-c4nn(CCCN5CCCC5)c5c4CN(S(C)(=O)=O)CC5)ccc3Cl)c2)cc1. The molecule has 0 aliphatic carbocycles. The van der Waals surface area contributed by atoms with Crippen LogP contribution in [0.25, 0.3) is 22.4 Å². The van der Waals surface area contributed by atoms with Gasteiger partial charge < -0.3 is 20.3 Å². The molecule has 1 saturated heterocycles. The van der Waals surface area contributed by atoms with Crippen LogP contribution in [-0.2, 0) is 34.3 Å². The molecule has 0 saturated carbocycles. The van der Waals surface area contributed by atoms with Crippen LogP contribution in [0.2, 0.25) is 5.02 Å². The molecule has 0 unspecified atom stereocenters. The van der Waals surface area contributed by atoms with Crippen LogP contribution in [0.4, 0.5) is 5.69 Å². The second kappa shape index (κ2) is 15.1. The maximum atomic E-state index is 13.1. The molecular weight excluding hydrogens is 664 g/mol. The first kappa shape index (κ1) is 34.6. The molecule has 1 aromatic heterocycles. The molecule has 3 heterocycles. The number of methoxy groups -OCH3 is 1. The van der Waals surface area contributed by atoms with Crippen LogP contribution in [0.15, 0.2) is 66.7 Å². The van der Waals surface area contributed by atoms with Gasteiger partial charge in [0, 0.05) is 64.7 Å². The number of halogens is 1. The first-order valence-corrected chi connectivity index (χ1v) is 18.7. The Kier molecular flexibility index (Phi) is 10.7. The highest BCUT2D eigenvalue weighted by Crippen LogP contribution is 2.36. The molecule has 0 atom stereocenters. The van der Waals surface area contributed by atoms with E-state index in [1.54, 1.807) is 55.6 Å². The van der Waals surface area contributed by atoms with E-state index in [-0.39, 0.29) is 19.0 Å². The lowest BCUT2D eigenvalue weighted by Gasteiger charge is -2.26. The van der Waals surface area contributed by atoms with Crippen LogP contribution < -0.4 is 15.4 Å². The minimum absolute atomic E-state index is 0.207. The summed E-state index contributed by atoms with van der Waals surface area (Å²) in [7, 11) is -1.82. The number of hydrogen-bond acceptors (Lipinski definition) is 7. The zero-order chi connectivity index (χ0) is 34.5. The Bertz CT molecular complexity index is 1940. The molecule has 6 rings (SSSR count). The number of aryl methyl sites for hydroxylation is 1. The number of amides is 2. The van der Waals surface area contributed by atoms with Crippen molar-refractivity contribution in [2.24, 2.45) is 0 Å². The van der Waals surface area contributed by atoms with Crippen LogP contribution in [0.5, 0.6) is 5.75 Å². The fraction of sp³-hybridized carbons (Fsp3) is 0.361. The fourth-order valence-corrected chi connectivity index (χ4v) is 7.49. The van der Waals surface area contributed by atoms with Gasteiger partial charge in [-0.05, 0) is 93.0 Å². The minimum Gasteiger partial charge on any atom is -0.497 e. The summed E-state index contributed by atoms with van der Waals surface area (Å²) in [5, 5.41) is 11.0. The lowest BCUT2D eigenvalue weighted by atomic mass is 9.97. The molecule has 13 heteroatoms. The highest BCUT2D eigenvalue weighted by Gasteiger charge is 2.30. The summed E-state index contributed by atoms with van der Waals surface area (Å²) in [5.41, 5.74) is 5.93. The summed E-state index contributed by atoms with van der Waals surface area (Å²) in [6.45, 7) is 4.53. The largest absolute Gasteiger partial charge is 0.497 e. The number of rotatable bonds is 12. The van der Waals surface area contributed by atoms with E-state index in [1.807, 2.05) is 18.2 Å². The number of benzene rings is 3. The molecule has 4 aromatic rings. The number of anilines is 1. The van der Waals surface area contributed by atoms with Crippen molar-refractivity contribution in [2.45, 2.75) is 38.8 Å². The average Bonchev–Trinajstić information content (AvgIpc) is 3.75. The number of carbonyl (C=O) groups is 2. The van der Waals surface area contributed by atoms with Crippen LogP contribution in [0.3, 0.4) is 0 Å². The second-order valence-corrected chi connectivity index (χ2v) is 14.9. The van der Waals surface area contributed by atoms with Crippen molar-refractivity contribution in [3.63, 3.8) is 0 Å². The highest BCUT2D eigenvalue weighted by atomic mass is 35.5. The normalized spacial score (nSPS) is 15.2. The summed E-state index contributed by atoms with van der Waals surface area (Å²) in [6.07, 6.45) is 5.30. The molecule has 2 aliphatic rings. The van der Waals surface area contributed by atoms with Crippen LogP contribution in [-0.4, -0.2) is 85.3 Å². The first-order chi connectivity index (χ1) is 23.6. The summed E-state index contributed by atoms with van der Waals surface area (Å²) in [5.74, 6) is -0.0898. The monoisotopic (exact) mass is 704 g/mol. The predicted octanol–water partition coefficient (Wildman–Crippen LogP) is 5.05. The molecule has 0 bridgehead atoms. The van der Waals surface area contributed by atoms with Gasteiger partial charge in [0.25, 0.3) is 5.91 Å². The van der Waals surface area contributed by atoms with Crippen LogP contribution >= 0.6 is 11.6 Å². The van der Waals surface area contributed by atoms with Gasteiger partial charge in [-0.15, -0.1) is 0 Å². The Balaban J connectivity index is 1.21. The van der Waals surface area contributed by atoms with Crippen molar-refractivity contribution in [2.75, 3.05) is 51.4 Å². The highest BCUT2D eigenvalue weighted by molar-refractivity contribution is 7.88. The number of likely N-dealkylation sites (tertiary alicyclic amines) is 1. The molecule has 11 nitrogen and oxygen atoms in total. The molecule has 2 amide bonds. The Hall–Kier alpha value is -4.23. The van der Waals surface area contributed by atoms with Gasteiger partial charge in [0.05, 0.1) is 25.6 Å². The van der Waals surface area contributed by atoms with Crippen LogP contribution in [0, 0.1) is 0 Å². The fourth-order valence-electron chi connectivity index (χ4n) is 6.48. The Labute approximate surface area is 292 Å². The van der Waals surface area contributed by atoms with Gasteiger partial charge in [0.15, 0.2) is 0 Å². The zero-order valence-electron chi connectivity index (χ0n) is 27.7. The molecule has 2 N–H and O–H groups in total. The van der Waals surface area contributed by atoms with Gasteiger partial charge in [0.1, 0.15) is 5.75 Å². The topological polar surface area (TPSA) is 126 Å². The third-order valence-electron chi connectivity index (χ3n) is 9.07. The standard InChI is InChI=1S/C36H41ClN6O5S/c1-48-29-12-10-28(11-13-29)39-34(44)23-38-36(45)27-8-5-7-25(21-27)30-22-26(9-14-32(30)37)35-31-24-42(49(2,46)47)20-15-33(31)43(40-35)19-6-18-41-16-3-4-17-41/h5,7-14,21-22H,3-4,6,15-20,23-24H2,1-2H3,(H,38,45)(H,39,44). The van der Waals surface area contributed by atoms with E-state index < -0.39 is 15.9 Å². The van der Waals surface area contributed by atoms with Gasteiger partial charge in [0.2, 0.25) is 15.9 Å². The van der Waals surface area contributed by atoms with E-state index in [1.165, 1.54) is 23.4 Å². The number of nitrogens with one attached hydrogen (secondary N) is 2. The van der Waals surface area contributed by atoms with Gasteiger partial charge in [-0.1, -0.05) is 29.8 Å². The van der Waals surface area contributed by atoms with Gasteiger partial charge in [-0.3, -0.25) is 14.3 Å². The number of hydrogen-bond donors (Lipinski definition) is 2. The lowest BCUT2D eigenvalue weighted by Crippen LogP contribution is -2.35.